The van der Waals surface area contributed by atoms with Crippen LogP contribution in [0.5, 0.6) is 0 Å². The van der Waals surface area contributed by atoms with Gasteiger partial charge in [-0.05, 0) is 30.7 Å². The van der Waals surface area contributed by atoms with Crippen LogP contribution in [-0.4, -0.2) is 39.5 Å². The molecular formula is C13H16N2O3S. The first kappa shape index (κ1) is 13.9. The highest BCUT2D eigenvalue weighted by Gasteiger charge is 2.19. The summed E-state index contributed by atoms with van der Waals surface area (Å²) in [5.74, 6) is -0.417. The summed E-state index contributed by atoms with van der Waals surface area (Å²) in [6.45, 7) is 0.569. The average molecular weight is 280 g/mol. The number of thioether (sulfide) groups is 1. The molecule has 0 spiro atoms. The quantitative estimate of drug-likeness (QED) is 0.879. The van der Waals surface area contributed by atoms with Crippen LogP contribution in [0.1, 0.15) is 40.1 Å². The molecule has 2 rings (SSSR count). The standard InChI is InChI=1S/C13H16N2O3S/c16-12(15-8-9-4-1-2-7-19-9)11-10(13(17)18)5-3-6-14-11/h3,5-6,9H,1-2,4,7-8H2,(H,15,16)(H,17,18). The van der Waals surface area contributed by atoms with Gasteiger partial charge in [0.1, 0.15) is 5.69 Å². The number of carbonyl (C=O) groups excluding carboxylic acids is 1. The fourth-order valence-corrected chi connectivity index (χ4v) is 3.26. The number of carbonyl (C=O) groups is 2. The lowest BCUT2D eigenvalue weighted by atomic mass is 10.1. The maximum atomic E-state index is 12.0. The molecule has 1 aromatic heterocycles. The Balaban J connectivity index is 1.97. The molecule has 0 radical (unpaired) electrons. The minimum Gasteiger partial charge on any atom is -0.478 e. The molecule has 1 amide bonds. The summed E-state index contributed by atoms with van der Waals surface area (Å²) < 4.78 is 0. The molecule has 5 nitrogen and oxygen atoms in total. The lowest BCUT2D eigenvalue weighted by molar-refractivity contribution is 0.0690. The van der Waals surface area contributed by atoms with E-state index in [0.29, 0.717) is 11.8 Å². The third-order valence-electron chi connectivity index (χ3n) is 3.02. The lowest BCUT2D eigenvalue weighted by Gasteiger charge is -2.21. The smallest absolute Gasteiger partial charge is 0.338 e. The molecule has 1 aliphatic rings. The van der Waals surface area contributed by atoms with Crippen molar-refractivity contribution in [1.82, 2.24) is 10.3 Å². The van der Waals surface area contributed by atoms with Gasteiger partial charge in [-0.3, -0.25) is 9.78 Å². The minimum absolute atomic E-state index is 0.0178. The normalized spacial score (nSPS) is 18.8. The Bertz CT molecular complexity index is 473. The highest BCUT2D eigenvalue weighted by atomic mass is 32.2. The van der Waals surface area contributed by atoms with Gasteiger partial charge in [-0.15, -0.1) is 0 Å². The van der Waals surface area contributed by atoms with E-state index in [0.717, 1.165) is 12.2 Å². The topological polar surface area (TPSA) is 79.3 Å². The van der Waals surface area contributed by atoms with Crippen LogP contribution in [-0.2, 0) is 0 Å². The zero-order valence-electron chi connectivity index (χ0n) is 10.5. The van der Waals surface area contributed by atoms with Crippen molar-refractivity contribution >= 4 is 23.6 Å². The van der Waals surface area contributed by atoms with E-state index in [2.05, 4.69) is 10.3 Å². The predicted octanol–water partition coefficient (Wildman–Crippen LogP) is 1.80. The third kappa shape index (κ3) is 3.70. The minimum atomic E-state index is -1.13. The molecule has 0 saturated carbocycles. The molecule has 0 aromatic carbocycles. The van der Waals surface area contributed by atoms with E-state index in [1.807, 2.05) is 11.8 Å². The molecule has 1 saturated heterocycles. The van der Waals surface area contributed by atoms with Crippen LogP contribution in [0.25, 0.3) is 0 Å². The zero-order chi connectivity index (χ0) is 13.7. The number of amides is 1. The second kappa shape index (κ2) is 6.56. The van der Waals surface area contributed by atoms with Crippen molar-refractivity contribution in [3.8, 4) is 0 Å². The first-order valence-corrected chi connectivity index (χ1v) is 7.31. The Morgan fingerprint density at radius 3 is 3.00 bits per heavy atom. The number of hydrogen-bond acceptors (Lipinski definition) is 4. The summed E-state index contributed by atoms with van der Waals surface area (Å²) in [5.41, 5.74) is -0.0768. The molecule has 1 aliphatic heterocycles. The number of pyridine rings is 1. The van der Waals surface area contributed by atoms with Crippen LogP contribution in [0.15, 0.2) is 18.3 Å². The van der Waals surface area contributed by atoms with Crippen LogP contribution in [0, 0.1) is 0 Å². The Hall–Kier alpha value is -1.56. The van der Waals surface area contributed by atoms with Crippen molar-refractivity contribution in [1.29, 1.82) is 0 Å². The van der Waals surface area contributed by atoms with Gasteiger partial charge in [0.2, 0.25) is 0 Å². The average Bonchev–Trinajstić information content (AvgIpc) is 2.46. The van der Waals surface area contributed by atoms with Gasteiger partial charge in [0.05, 0.1) is 5.56 Å². The van der Waals surface area contributed by atoms with E-state index < -0.39 is 11.9 Å². The number of aromatic carboxylic acids is 1. The first-order chi connectivity index (χ1) is 9.18. The molecule has 2 N–H and O–H groups in total. The molecule has 0 bridgehead atoms. The number of nitrogens with zero attached hydrogens (tertiary/aromatic N) is 1. The second-order valence-electron chi connectivity index (χ2n) is 4.40. The van der Waals surface area contributed by atoms with Crippen LogP contribution < -0.4 is 5.32 Å². The van der Waals surface area contributed by atoms with Gasteiger partial charge < -0.3 is 10.4 Å². The van der Waals surface area contributed by atoms with Gasteiger partial charge in [0.15, 0.2) is 0 Å². The van der Waals surface area contributed by atoms with E-state index in [9.17, 15) is 9.59 Å². The van der Waals surface area contributed by atoms with E-state index in [-0.39, 0.29) is 11.3 Å². The molecule has 1 atom stereocenters. The summed E-state index contributed by atoms with van der Waals surface area (Å²) in [4.78, 5) is 26.8. The molecule has 2 heterocycles. The SMILES string of the molecule is O=C(O)c1cccnc1C(=O)NCC1CCCCS1. The van der Waals surface area contributed by atoms with Gasteiger partial charge in [-0.1, -0.05) is 6.42 Å². The fraction of sp³-hybridized carbons (Fsp3) is 0.462. The molecule has 1 aromatic rings. The maximum Gasteiger partial charge on any atom is 0.338 e. The molecule has 1 fully saturated rings. The summed E-state index contributed by atoms with van der Waals surface area (Å²) in [7, 11) is 0. The van der Waals surface area contributed by atoms with E-state index in [1.165, 1.54) is 31.2 Å². The van der Waals surface area contributed by atoms with Crippen molar-refractivity contribution in [2.75, 3.05) is 12.3 Å². The number of nitrogens with one attached hydrogen (secondary N) is 1. The number of aromatic nitrogens is 1. The molecule has 6 heteroatoms. The summed E-state index contributed by atoms with van der Waals surface area (Å²) in [6.07, 6.45) is 4.95. The Morgan fingerprint density at radius 1 is 1.47 bits per heavy atom. The van der Waals surface area contributed by atoms with Crippen molar-refractivity contribution < 1.29 is 14.7 Å². The lowest BCUT2D eigenvalue weighted by Crippen LogP contribution is -2.33. The second-order valence-corrected chi connectivity index (χ2v) is 5.81. The van der Waals surface area contributed by atoms with Gasteiger partial charge in [-0.25, -0.2) is 4.79 Å². The number of rotatable bonds is 4. The monoisotopic (exact) mass is 280 g/mol. The van der Waals surface area contributed by atoms with Gasteiger partial charge >= 0.3 is 5.97 Å². The van der Waals surface area contributed by atoms with Crippen molar-refractivity contribution in [2.24, 2.45) is 0 Å². The third-order valence-corrected chi connectivity index (χ3v) is 4.42. The largest absolute Gasteiger partial charge is 0.478 e. The van der Waals surface area contributed by atoms with Gasteiger partial charge in [-0.2, -0.15) is 11.8 Å². The summed E-state index contributed by atoms with van der Waals surface area (Å²) >= 11 is 1.86. The molecule has 1 unspecified atom stereocenters. The summed E-state index contributed by atoms with van der Waals surface area (Å²) in [6, 6.07) is 2.90. The van der Waals surface area contributed by atoms with E-state index in [4.69, 9.17) is 5.11 Å². The fourth-order valence-electron chi connectivity index (χ4n) is 2.02. The number of carboxylic acids is 1. The van der Waals surface area contributed by atoms with E-state index >= 15 is 0 Å². The summed E-state index contributed by atoms with van der Waals surface area (Å²) in [5, 5.41) is 12.2. The van der Waals surface area contributed by atoms with Crippen LogP contribution in [0.2, 0.25) is 0 Å². The molecule has 19 heavy (non-hydrogen) atoms. The van der Waals surface area contributed by atoms with Crippen molar-refractivity contribution in [2.45, 2.75) is 24.5 Å². The molecule has 102 valence electrons. The Kier molecular flexibility index (Phi) is 4.79. The van der Waals surface area contributed by atoms with Crippen LogP contribution >= 0.6 is 11.8 Å². The first-order valence-electron chi connectivity index (χ1n) is 6.26. The molecular weight excluding hydrogens is 264 g/mol. The van der Waals surface area contributed by atoms with E-state index in [1.54, 1.807) is 0 Å². The van der Waals surface area contributed by atoms with Crippen LogP contribution in [0.3, 0.4) is 0 Å². The Morgan fingerprint density at radius 2 is 2.32 bits per heavy atom. The van der Waals surface area contributed by atoms with Crippen molar-refractivity contribution in [3.63, 3.8) is 0 Å². The van der Waals surface area contributed by atoms with Crippen LogP contribution in [0.4, 0.5) is 0 Å². The van der Waals surface area contributed by atoms with Crippen molar-refractivity contribution in [3.05, 3.63) is 29.6 Å². The number of hydrogen-bond donors (Lipinski definition) is 2. The Labute approximate surface area is 115 Å². The maximum absolute atomic E-state index is 12.0. The van der Waals surface area contributed by atoms with Gasteiger partial charge in [0.25, 0.3) is 5.91 Å². The number of carboxylic acid groups (broad SMARTS) is 1. The van der Waals surface area contributed by atoms with Gasteiger partial charge in [0, 0.05) is 18.0 Å². The highest BCUT2D eigenvalue weighted by molar-refractivity contribution is 7.99. The zero-order valence-corrected chi connectivity index (χ0v) is 11.3. The predicted molar refractivity (Wildman–Crippen MR) is 73.6 cm³/mol. The highest BCUT2D eigenvalue weighted by Crippen LogP contribution is 2.24. The molecule has 0 aliphatic carbocycles.